The van der Waals surface area contributed by atoms with Gasteiger partial charge in [-0.1, -0.05) is 0 Å². The summed E-state index contributed by atoms with van der Waals surface area (Å²) in [5.74, 6) is -1.97. The average Bonchev–Trinajstić information content (AvgIpc) is 2.59. The number of aliphatic imine (C=N–C) groups is 2. The number of hydrogen-bond acceptors (Lipinski definition) is 14. The van der Waals surface area contributed by atoms with Gasteiger partial charge in [-0.25, -0.2) is 0 Å². The molecule has 2 atom stereocenters. The zero-order chi connectivity index (χ0) is 28.1. The summed E-state index contributed by atoms with van der Waals surface area (Å²) >= 11 is 0. The Morgan fingerprint density at radius 1 is 0.649 bits per heavy atom. The van der Waals surface area contributed by atoms with Gasteiger partial charge in [0, 0.05) is 13.1 Å². The fraction of sp³-hybridized carbons (Fsp3) is 0.667. The molecule has 0 radical (unpaired) electrons. The molecule has 0 aliphatic carbocycles. The molecule has 0 bridgehead atoms. The van der Waals surface area contributed by atoms with Gasteiger partial charge in [0.15, 0.2) is 11.9 Å². The van der Waals surface area contributed by atoms with Gasteiger partial charge in [-0.05, 0) is 25.7 Å². The van der Waals surface area contributed by atoms with Gasteiger partial charge in [0.05, 0.1) is 0 Å². The van der Waals surface area contributed by atoms with E-state index in [9.17, 15) is 9.59 Å². The minimum atomic E-state index is -5.39. The molecule has 0 aliphatic heterocycles. The number of carbonyl (C=O) groups is 2. The molecule has 0 amide bonds. The van der Waals surface area contributed by atoms with Crippen LogP contribution in [0.25, 0.3) is 0 Å². The Morgan fingerprint density at radius 3 is 0.973 bits per heavy atom. The molecule has 0 rings (SSSR count). The van der Waals surface area contributed by atoms with Crippen LogP contribution in [-0.4, -0.2) is 172 Å². The largest absolute Gasteiger partial charge is 2.00 e. The van der Waals surface area contributed by atoms with Gasteiger partial charge in [0.25, 0.3) is 0 Å². The number of nitrogens with zero attached hydrogens (tertiary/aromatic N) is 2. The predicted octanol–water partition coefficient (Wildman–Crippen LogP) is -9.89. The summed E-state index contributed by atoms with van der Waals surface area (Å²) in [6, 6.07) is -1.64. The van der Waals surface area contributed by atoms with Crippen molar-refractivity contribution in [1.29, 1.82) is 0 Å². The molecular formula is C12H28Ca3N8O12P2. The maximum Gasteiger partial charge on any atom is 2.00 e. The molecule has 0 unspecified atom stereocenters. The van der Waals surface area contributed by atoms with E-state index in [4.69, 9.17) is 83.1 Å². The summed E-state index contributed by atoms with van der Waals surface area (Å²) in [4.78, 5) is 79.1. The number of nitrogens with two attached hydrogens (primary N) is 6. The van der Waals surface area contributed by atoms with Crippen molar-refractivity contribution in [2.45, 2.75) is 37.8 Å². The number of carboxylic acid groups (broad SMARTS) is 2. The summed E-state index contributed by atoms with van der Waals surface area (Å²) in [6.45, 7) is 0.840. The van der Waals surface area contributed by atoms with Crippen LogP contribution in [0, 0.1) is 0 Å². The minimum absolute atomic E-state index is 0. The Hall–Kier alpha value is 1.40. The Labute approximate surface area is 302 Å². The Balaban J connectivity index is -0.0000000678. The van der Waals surface area contributed by atoms with Crippen molar-refractivity contribution in [2.75, 3.05) is 13.1 Å². The summed E-state index contributed by atoms with van der Waals surface area (Å²) in [5.41, 5.74) is 30.6. The Bertz CT molecular complexity index is 656. The van der Waals surface area contributed by atoms with Crippen molar-refractivity contribution in [3.05, 3.63) is 0 Å². The fourth-order valence-electron chi connectivity index (χ4n) is 1.29. The van der Waals surface area contributed by atoms with E-state index < -0.39 is 39.7 Å². The van der Waals surface area contributed by atoms with E-state index in [0.717, 1.165) is 0 Å². The average molecular weight is 659 g/mol. The maximum atomic E-state index is 10.2. The quantitative estimate of drug-likeness (QED) is 0.0355. The van der Waals surface area contributed by atoms with E-state index in [1.807, 2.05) is 0 Å². The van der Waals surface area contributed by atoms with Gasteiger partial charge < -0.3 is 83.1 Å². The van der Waals surface area contributed by atoms with Crippen LogP contribution in [0.2, 0.25) is 0 Å². The molecular weight excluding hydrogens is 630 g/mol. The third-order valence-electron chi connectivity index (χ3n) is 2.57. The number of rotatable bonds is 10. The van der Waals surface area contributed by atoms with Crippen LogP contribution < -0.4 is 63.8 Å². The second-order valence-corrected chi connectivity index (χ2v) is 7.47. The first-order valence-electron chi connectivity index (χ1n) is 8.61. The van der Waals surface area contributed by atoms with Crippen molar-refractivity contribution >= 4 is 153 Å². The Kier molecular flexibility index (Phi) is 47.0. The molecule has 0 saturated heterocycles. The summed E-state index contributed by atoms with van der Waals surface area (Å²) in [5, 5.41) is 16.8. The first kappa shape index (κ1) is 54.5. The van der Waals surface area contributed by atoms with Crippen LogP contribution in [0.5, 0.6) is 0 Å². The molecule has 0 aliphatic rings. The monoisotopic (exact) mass is 658 g/mol. The van der Waals surface area contributed by atoms with Crippen LogP contribution in [0.1, 0.15) is 25.7 Å². The zero-order valence-corrected chi connectivity index (χ0v) is 28.2. The molecule has 204 valence electrons. The molecule has 0 saturated carbocycles. The van der Waals surface area contributed by atoms with E-state index in [0.29, 0.717) is 38.8 Å². The molecule has 0 aromatic heterocycles. The first-order chi connectivity index (χ1) is 15.1. The zero-order valence-electron chi connectivity index (χ0n) is 19.7. The molecule has 20 nitrogen and oxygen atoms in total. The number of guanidine groups is 2. The van der Waals surface area contributed by atoms with Gasteiger partial charge in [0.1, 0.15) is 12.1 Å². The summed E-state index contributed by atoms with van der Waals surface area (Å²) < 4.78 is 17.1. The van der Waals surface area contributed by atoms with Crippen LogP contribution in [0.15, 0.2) is 9.98 Å². The van der Waals surface area contributed by atoms with Gasteiger partial charge in [-0.2, -0.15) is 15.6 Å². The van der Waals surface area contributed by atoms with Crippen molar-refractivity contribution in [3.8, 4) is 0 Å². The SMILES string of the molecule is NC(N)=NCCC[C@H](N)C(=O)O.NC(N)=NCCC[C@H](N)C(=O)O.O=P([O-])([O-])[O-].O=P([O-])([O-])[O-].[Ca+2].[Ca+2].[Ca+2]. The van der Waals surface area contributed by atoms with E-state index >= 15 is 0 Å². The fourth-order valence-corrected chi connectivity index (χ4v) is 1.29. The third kappa shape index (κ3) is 85.6. The Morgan fingerprint density at radius 2 is 0.838 bits per heavy atom. The normalized spacial score (nSPS) is 11.0. The molecule has 0 aromatic carbocycles. The standard InChI is InChI=1S/2C6H14N4O2.3Ca.2H3O4P/c2*7-4(5(11)12)2-1-3-10-6(8)9;;;;2*1-5(2,3)4/h2*4H,1-3,7H2,(H,11,12)(H4,8,9,10);;;;2*(H3,1,2,3,4)/q;;3*+2;;/p-6/t2*4-;;;;;/m00...../s1. The van der Waals surface area contributed by atoms with E-state index in [-0.39, 0.29) is 125 Å². The summed E-state index contributed by atoms with van der Waals surface area (Å²) in [6.07, 6.45) is 1.91. The molecule has 37 heavy (non-hydrogen) atoms. The van der Waals surface area contributed by atoms with Crippen molar-refractivity contribution < 1.29 is 58.3 Å². The molecule has 0 spiro atoms. The smallest absolute Gasteiger partial charge is 0.822 e. The number of hydrogen-bond donors (Lipinski definition) is 8. The third-order valence-corrected chi connectivity index (χ3v) is 2.57. The molecule has 25 heteroatoms. The van der Waals surface area contributed by atoms with Crippen molar-refractivity contribution in [2.24, 2.45) is 44.4 Å². The number of carboxylic acids is 2. The second kappa shape index (κ2) is 31.9. The maximum absolute atomic E-state index is 10.2. The van der Waals surface area contributed by atoms with E-state index in [2.05, 4.69) is 9.98 Å². The van der Waals surface area contributed by atoms with Gasteiger partial charge in [-0.3, -0.25) is 19.6 Å². The van der Waals surface area contributed by atoms with Gasteiger partial charge >= 0.3 is 125 Å². The topological polar surface area (TPSA) is 428 Å². The van der Waals surface area contributed by atoms with Crippen LogP contribution in [0.3, 0.4) is 0 Å². The minimum Gasteiger partial charge on any atom is -0.822 e. The van der Waals surface area contributed by atoms with Crippen LogP contribution in [-0.2, 0) is 18.7 Å². The van der Waals surface area contributed by atoms with E-state index in [1.165, 1.54) is 0 Å². The second-order valence-electron chi connectivity index (χ2n) is 5.68. The van der Waals surface area contributed by atoms with Gasteiger partial charge in [-0.15, -0.1) is 0 Å². The van der Waals surface area contributed by atoms with Crippen LogP contribution in [0.4, 0.5) is 0 Å². The molecule has 0 aromatic rings. The molecule has 0 fully saturated rings. The van der Waals surface area contributed by atoms with E-state index in [1.54, 1.807) is 0 Å². The summed E-state index contributed by atoms with van der Waals surface area (Å²) in [7, 11) is -10.8. The number of phosphoric acid groups is 2. The number of aliphatic carboxylic acids is 2. The predicted molar refractivity (Wildman–Crippen MR) is 124 cm³/mol. The van der Waals surface area contributed by atoms with Gasteiger partial charge in [0.2, 0.25) is 0 Å². The molecule has 14 N–H and O–H groups in total. The van der Waals surface area contributed by atoms with Crippen molar-refractivity contribution in [1.82, 2.24) is 0 Å². The van der Waals surface area contributed by atoms with Crippen LogP contribution >= 0.6 is 15.6 Å². The first-order valence-corrected chi connectivity index (χ1v) is 11.5. The van der Waals surface area contributed by atoms with Crippen molar-refractivity contribution in [3.63, 3.8) is 0 Å². The molecule has 0 heterocycles.